The van der Waals surface area contributed by atoms with Crippen LogP contribution in [0.2, 0.25) is 0 Å². The monoisotopic (exact) mass is 240 g/mol. The first kappa shape index (κ1) is 12.3. The molecule has 1 aromatic heterocycles. The molecule has 0 aliphatic rings. The maximum atomic E-state index is 9.27. The Morgan fingerprint density at radius 2 is 2.06 bits per heavy atom. The molecule has 0 amide bonds. The lowest BCUT2D eigenvalue weighted by Crippen LogP contribution is -2.20. The van der Waals surface area contributed by atoms with Crippen molar-refractivity contribution in [2.75, 3.05) is 0 Å². The zero-order chi connectivity index (χ0) is 13.0. The van der Waals surface area contributed by atoms with Crippen molar-refractivity contribution in [2.45, 2.75) is 26.4 Å². The molecule has 1 aromatic carbocycles. The number of aromatic amines is 1. The van der Waals surface area contributed by atoms with Crippen LogP contribution >= 0.6 is 0 Å². The number of rotatable bonds is 4. The molecule has 2 rings (SSSR count). The fourth-order valence-corrected chi connectivity index (χ4v) is 2.01. The van der Waals surface area contributed by atoms with Gasteiger partial charge in [-0.3, -0.25) is 10.4 Å². The van der Waals surface area contributed by atoms with Crippen molar-refractivity contribution in [3.63, 3.8) is 0 Å². The molecule has 0 fully saturated rings. The number of aromatic nitrogens is 2. The molecule has 0 spiro atoms. The van der Waals surface area contributed by atoms with Crippen molar-refractivity contribution in [1.82, 2.24) is 15.5 Å². The summed E-state index contributed by atoms with van der Waals surface area (Å²) in [6.45, 7) is 4.51. The van der Waals surface area contributed by atoms with Gasteiger partial charge in [0.25, 0.3) is 0 Å². The molecule has 92 valence electrons. The summed E-state index contributed by atoms with van der Waals surface area (Å²) in [4.78, 5) is 0. The Kier molecular flexibility index (Phi) is 3.75. The highest BCUT2D eigenvalue weighted by Gasteiger charge is 2.17. The van der Waals surface area contributed by atoms with E-state index in [0.29, 0.717) is 6.54 Å². The third-order valence-corrected chi connectivity index (χ3v) is 2.96. The number of nitrogens with zero attached hydrogens (tertiary/aromatic N) is 2. The lowest BCUT2D eigenvalue weighted by atomic mass is 10.1. The van der Waals surface area contributed by atoms with Gasteiger partial charge in [0, 0.05) is 17.8 Å². The molecular weight excluding hydrogens is 224 g/mol. The minimum atomic E-state index is -0.330. The normalized spacial score (nSPS) is 12.1. The predicted molar refractivity (Wildman–Crippen MR) is 69.7 cm³/mol. The summed E-state index contributed by atoms with van der Waals surface area (Å²) in [7, 11) is 0. The van der Waals surface area contributed by atoms with Crippen molar-refractivity contribution < 1.29 is 0 Å². The molecule has 0 aliphatic carbocycles. The number of hydrogen-bond donors (Lipinski definition) is 2. The van der Waals surface area contributed by atoms with Crippen LogP contribution in [0.3, 0.4) is 0 Å². The Balaban J connectivity index is 2.10. The highest BCUT2D eigenvalue weighted by atomic mass is 15.1. The summed E-state index contributed by atoms with van der Waals surface area (Å²) >= 11 is 0. The van der Waals surface area contributed by atoms with Crippen molar-refractivity contribution in [1.29, 1.82) is 5.26 Å². The third-order valence-electron chi connectivity index (χ3n) is 2.96. The molecule has 0 radical (unpaired) electrons. The van der Waals surface area contributed by atoms with Crippen LogP contribution in [-0.4, -0.2) is 10.2 Å². The summed E-state index contributed by atoms with van der Waals surface area (Å²) < 4.78 is 0. The van der Waals surface area contributed by atoms with Crippen LogP contribution in [0, 0.1) is 25.2 Å². The molecule has 0 saturated carbocycles. The quantitative estimate of drug-likeness (QED) is 0.862. The van der Waals surface area contributed by atoms with Crippen LogP contribution in [0.1, 0.15) is 28.6 Å². The van der Waals surface area contributed by atoms with Gasteiger partial charge in [0.1, 0.15) is 6.04 Å². The highest BCUT2D eigenvalue weighted by Crippen LogP contribution is 2.19. The molecule has 1 unspecified atom stereocenters. The van der Waals surface area contributed by atoms with E-state index < -0.39 is 0 Å². The zero-order valence-electron chi connectivity index (χ0n) is 10.6. The first-order valence-electron chi connectivity index (χ1n) is 5.90. The van der Waals surface area contributed by atoms with Crippen molar-refractivity contribution in [3.8, 4) is 6.07 Å². The van der Waals surface area contributed by atoms with Gasteiger partial charge in [0.2, 0.25) is 0 Å². The lowest BCUT2D eigenvalue weighted by molar-refractivity contribution is 0.625. The predicted octanol–water partition coefficient (Wildman–Crippen LogP) is 2.38. The van der Waals surface area contributed by atoms with Crippen LogP contribution in [0.4, 0.5) is 0 Å². The van der Waals surface area contributed by atoms with E-state index >= 15 is 0 Å². The number of aryl methyl sites for hydroxylation is 2. The first-order chi connectivity index (χ1) is 8.72. The van der Waals surface area contributed by atoms with Gasteiger partial charge in [0.15, 0.2) is 0 Å². The Labute approximate surface area is 107 Å². The summed E-state index contributed by atoms with van der Waals surface area (Å²) in [5.74, 6) is 0. The van der Waals surface area contributed by atoms with Crippen LogP contribution in [0.15, 0.2) is 30.3 Å². The topological polar surface area (TPSA) is 64.5 Å². The van der Waals surface area contributed by atoms with Crippen LogP contribution in [-0.2, 0) is 6.54 Å². The molecule has 18 heavy (non-hydrogen) atoms. The average molecular weight is 240 g/mol. The van der Waals surface area contributed by atoms with E-state index in [0.717, 1.165) is 22.5 Å². The largest absolute Gasteiger partial charge is 0.294 e. The standard InChI is InChI=1S/C14H16N4/c1-10-14(11(2)18-17-10)13(8-15)16-9-12-6-4-3-5-7-12/h3-7,13,16H,9H2,1-2H3,(H,17,18). The van der Waals surface area contributed by atoms with Crippen LogP contribution < -0.4 is 5.32 Å². The fourth-order valence-electron chi connectivity index (χ4n) is 2.01. The highest BCUT2D eigenvalue weighted by molar-refractivity contribution is 5.31. The molecule has 0 bridgehead atoms. The fraction of sp³-hybridized carbons (Fsp3) is 0.286. The molecule has 2 aromatic rings. The van der Waals surface area contributed by atoms with Crippen molar-refractivity contribution >= 4 is 0 Å². The second kappa shape index (κ2) is 5.48. The van der Waals surface area contributed by atoms with E-state index in [1.165, 1.54) is 0 Å². The minimum Gasteiger partial charge on any atom is -0.294 e. The number of nitrogens with one attached hydrogen (secondary N) is 2. The van der Waals surface area contributed by atoms with E-state index in [-0.39, 0.29) is 6.04 Å². The van der Waals surface area contributed by atoms with Gasteiger partial charge < -0.3 is 0 Å². The Morgan fingerprint density at radius 3 is 2.61 bits per heavy atom. The summed E-state index contributed by atoms with van der Waals surface area (Å²) in [5.41, 5.74) is 3.93. The molecule has 4 heteroatoms. The van der Waals surface area contributed by atoms with Crippen LogP contribution in [0.5, 0.6) is 0 Å². The van der Waals surface area contributed by atoms with E-state index in [9.17, 15) is 5.26 Å². The molecule has 1 heterocycles. The summed E-state index contributed by atoms with van der Waals surface area (Å²) in [6.07, 6.45) is 0. The molecular formula is C14H16N4. The van der Waals surface area contributed by atoms with Crippen molar-refractivity contribution in [2.24, 2.45) is 0 Å². The number of nitriles is 1. The second-order valence-electron chi connectivity index (χ2n) is 4.28. The SMILES string of the molecule is Cc1n[nH]c(C)c1C(C#N)NCc1ccccc1. The van der Waals surface area contributed by atoms with E-state index in [1.807, 2.05) is 44.2 Å². The van der Waals surface area contributed by atoms with Gasteiger partial charge in [-0.15, -0.1) is 0 Å². The van der Waals surface area contributed by atoms with Gasteiger partial charge in [-0.2, -0.15) is 10.4 Å². The maximum absolute atomic E-state index is 9.27. The van der Waals surface area contributed by atoms with Crippen LogP contribution in [0.25, 0.3) is 0 Å². The van der Waals surface area contributed by atoms with Gasteiger partial charge in [-0.05, 0) is 19.4 Å². The summed E-state index contributed by atoms with van der Waals surface area (Å²) in [6, 6.07) is 12.0. The number of benzene rings is 1. The van der Waals surface area contributed by atoms with Crippen molar-refractivity contribution in [3.05, 3.63) is 52.8 Å². The lowest BCUT2D eigenvalue weighted by Gasteiger charge is -2.12. The first-order valence-corrected chi connectivity index (χ1v) is 5.90. The van der Waals surface area contributed by atoms with E-state index in [4.69, 9.17) is 0 Å². The zero-order valence-corrected chi connectivity index (χ0v) is 10.6. The Bertz CT molecular complexity index is 531. The molecule has 2 N–H and O–H groups in total. The van der Waals surface area contributed by atoms with Gasteiger partial charge in [-0.25, -0.2) is 0 Å². The Morgan fingerprint density at radius 1 is 1.33 bits per heavy atom. The number of H-pyrrole nitrogens is 1. The van der Waals surface area contributed by atoms with E-state index in [1.54, 1.807) is 0 Å². The maximum Gasteiger partial charge on any atom is 0.125 e. The second-order valence-corrected chi connectivity index (χ2v) is 4.28. The van der Waals surface area contributed by atoms with Gasteiger partial charge in [0.05, 0.1) is 11.8 Å². The Hall–Kier alpha value is -2.12. The molecule has 1 atom stereocenters. The van der Waals surface area contributed by atoms with Gasteiger partial charge >= 0.3 is 0 Å². The molecule has 0 aliphatic heterocycles. The number of hydrogen-bond acceptors (Lipinski definition) is 3. The smallest absolute Gasteiger partial charge is 0.125 e. The van der Waals surface area contributed by atoms with E-state index in [2.05, 4.69) is 21.6 Å². The summed E-state index contributed by atoms with van der Waals surface area (Å²) in [5, 5.41) is 19.6. The van der Waals surface area contributed by atoms with Gasteiger partial charge in [-0.1, -0.05) is 30.3 Å². The minimum absolute atomic E-state index is 0.330. The molecule has 0 saturated heterocycles. The third kappa shape index (κ3) is 2.58. The average Bonchev–Trinajstić information content (AvgIpc) is 2.73. The molecule has 4 nitrogen and oxygen atoms in total.